The maximum Gasteiger partial charge on any atom is 0.323 e. The Kier molecular flexibility index (Phi) is 5.48. The van der Waals surface area contributed by atoms with Crippen LogP contribution >= 0.6 is 0 Å². The van der Waals surface area contributed by atoms with Crippen molar-refractivity contribution in [1.82, 2.24) is 9.97 Å². The number of benzene rings is 2. The number of nitro benzene ring substituents is 1. The summed E-state index contributed by atoms with van der Waals surface area (Å²) >= 11 is 0. The number of imidazole rings is 1. The topological polar surface area (TPSA) is 104 Å². The van der Waals surface area contributed by atoms with Gasteiger partial charge < -0.3 is 15.3 Å². The first-order valence-corrected chi connectivity index (χ1v) is 7.34. The molecule has 7 nitrogen and oxygen atoms in total. The molecule has 0 fully saturated rings. The molecule has 0 bridgehead atoms. The normalized spacial score (nSPS) is 10.4. The van der Waals surface area contributed by atoms with Crippen LogP contribution in [0.4, 0.5) is 20.2 Å². The number of rotatable bonds is 3. The number of nitrogens with one attached hydrogen (secondary N) is 3. The molecule has 3 N–H and O–H groups in total. The molecule has 132 valence electrons. The highest BCUT2D eigenvalue weighted by atomic mass is 19.1. The highest BCUT2D eigenvalue weighted by molar-refractivity contribution is 5.73. The molecule has 0 radical (unpaired) electrons. The number of aromatic nitrogens is 2. The maximum atomic E-state index is 12.7. The average Bonchev–Trinajstić information content (AvgIpc) is 2.88. The number of aromatic amines is 2. The molecule has 0 saturated heterocycles. The van der Waals surface area contributed by atoms with Gasteiger partial charge in [0.1, 0.15) is 17.3 Å². The van der Waals surface area contributed by atoms with Crippen LogP contribution in [-0.4, -0.2) is 20.9 Å². The van der Waals surface area contributed by atoms with Crippen LogP contribution in [0.2, 0.25) is 0 Å². The lowest BCUT2D eigenvalue weighted by atomic mass is 10.2. The lowest BCUT2D eigenvalue weighted by molar-refractivity contribution is -0.384. The van der Waals surface area contributed by atoms with Gasteiger partial charge in [-0.1, -0.05) is 0 Å². The van der Waals surface area contributed by atoms with E-state index in [1.54, 1.807) is 0 Å². The molecular weight excluding hydrogens is 334 g/mol. The number of fused-ring (bicyclic) bond motifs is 1. The zero-order chi connectivity index (χ0) is 18.6. The zero-order valence-corrected chi connectivity index (χ0v) is 13.5. The van der Waals surface area contributed by atoms with E-state index in [9.17, 15) is 23.7 Å². The minimum absolute atomic E-state index is 0.0687. The Hall–Kier alpha value is -3.23. The van der Waals surface area contributed by atoms with Crippen LogP contribution in [0.25, 0.3) is 11.0 Å². The highest BCUT2D eigenvalue weighted by Gasteiger charge is 2.14. The zero-order valence-electron chi connectivity index (χ0n) is 13.5. The molecule has 2 aromatic carbocycles. The molecule has 0 aliphatic carbocycles. The number of hydrogen-bond acceptors (Lipinski definition) is 4. The molecule has 3 aromatic rings. The second kappa shape index (κ2) is 7.56. The number of anilines is 1. The lowest BCUT2D eigenvalue weighted by Gasteiger charge is -2.09. The van der Waals surface area contributed by atoms with E-state index in [1.165, 1.54) is 30.3 Å². The summed E-state index contributed by atoms with van der Waals surface area (Å²) in [6.07, 6.45) is 0. The van der Waals surface area contributed by atoms with Crippen LogP contribution in [-0.2, 0) is 0 Å². The number of nitrogens with zero attached hydrogens (tertiary/aromatic N) is 1. The van der Waals surface area contributed by atoms with Crippen molar-refractivity contribution in [2.45, 2.75) is 19.9 Å². The average molecular weight is 350 g/mol. The maximum absolute atomic E-state index is 12.7. The largest absolute Gasteiger partial charge is 0.377 e. The van der Waals surface area contributed by atoms with E-state index in [0.29, 0.717) is 16.7 Å². The van der Waals surface area contributed by atoms with Gasteiger partial charge in [-0.05, 0) is 44.2 Å². The van der Waals surface area contributed by atoms with Crippen LogP contribution < -0.4 is 11.0 Å². The summed E-state index contributed by atoms with van der Waals surface area (Å²) in [7, 11) is 0. The van der Waals surface area contributed by atoms with E-state index < -0.39 is 10.7 Å². The van der Waals surface area contributed by atoms with Crippen molar-refractivity contribution in [1.29, 1.82) is 0 Å². The Labute approximate surface area is 140 Å². The molecule has 0 aliphatic rings. The fourth-order valence-corrected chi connectivity index (χ4v) is 2.09. The lowest BCUT2D eigenvalue weighted by Crippen LogP contribution is -2.11. The minimum Gasteiger partial charge on any atom is -0.377 e. The molecule has 0 spiro atoms. The van der Waals surface area contributed by atoms with Crippen LogP contribution in [0.3, 0.4) is 0 Å². The van der Waals surface area contributed by atoms with E-state index in [0.717, 1.165) is 6.07 Å². The first-order valence-electron chi connectivity index (χ1n) is 7.34. The predicted octanol–water partition coefficient (Wildman–Crippen LogP) is 3.55. The number of H-pyrrole nitrogens is 2. The number of nitro groups is 1. The Morgan fingerprint density at radius 3 is 2.28 bits per heavy atom. The molecule has 0 amide bonds. The molecule has 1 heterocycles. The van der Waals surface area contributed by atoms with Gasteiger partial charge in [0.25, 0.3) is 5.69 Å². The van der Waals surface area contributed by atoms with Gasteiger partial charge in [-0.25, -0.2) is 13.6 Å². The number of hydrogen-bond donors (Lipinski definition) is 3. The second-order valence-electron chi connectivity index (χ2n) is 5.49. The number of halogens is 2. The van der Waals surface area contributed by atoms with Gasteiger partial charge in [-0.3, -0.25) is 10.1 Å². The van der Waals surface area contributed by atoms with Gasteiger partial charge in [-0.2, -0.15) is 0 Å². The summed E-state index contributed by atoms with van der Waals surface area (Å²) in [5, 5.41) is 13.4. The van der Waals surface area contributed by atoms with Crippen LogP contribution in [0.1, 0.15) is 13.8 Å². The minimum atomic E-state index is -0.606. The molecule has 0 aliphatic heterocycles. The van der Waals surface area contributed by atoms with Gasteiger partial charge in [0.15, 0.2) is 0 Å². The third-order valence-corrected chi connectivity index (χ3v) is 3.08. The van der Waals surface area contributed by atoms with Crippen LogP contribution in [0.15, 0.2) is 41.2 Å². The van der Waals surface area contributed by atoms with Crippen molar-refractivity contribution in [3.63, 3.8) is 0 Å². The summed E-state index contributed by atoms with van der Waals surface area (Å²) in [4.78, 5) is 25.6. The van der Waals surface area contributed by atoms with Crippen molar-refractivity contribution in [3.05, 3.63) is 68.6 Å². The molecule has 0 saturated carbocycles. The van der Waals surface area contributed by atoms with Crippen molar-refractivity contribution in [2.75, 3.05) is 5.32 Å². The van der Waals surface area contributed by atoms with Crippen molar-refractivity contribution in [3.8, 4) is 0 Å². The molecular formula is C16H16F2N4O3. The Balaban J connectivity index is 0.000000185. The molecule has 1 aromatic heterocycles. The Bertz CT molecular complexity index is 950. The molecule has 0 atom stereocenters. The van der Waals surface area contributed by atoms with E-state index in [4.69, 9.17) is 0 Å². The summed E-state index contributed by atoms with van der Waals surface area (Å²) in [5.74, 6) is -0.959. The summed E-state index contributed by atoms with van der Waals surface area (Å²) in [6.45, 7) is 3.71. The second-order valence-corrected chi connectivity index (χ2v) is 5.49. The van der Waals surface area contributed by atoms with E-state index in [-0.39, 0.29) is 23.2 Å². The standard InChI is InChI=1S/C9H11FN2O2.C7H5FN2O/c1-6(2)11-8-4-3-7(10)5-9(8)12(13)14;8-4-1-2-5-6(3-4)10-7(11)9-5/h3-6,11H,1-2H3;1-3H,(H2,9,10,11). The first-order chi connectivity index (χ1) is 11.8. The third kappa shape index (κ3) is 4.87. The van der Waals surface area contributed by atoms with Crippen LogP contribution in [0.5, 0.6) is 0 Å². The van der Waals surface area contributed by atoms with Gasteiger partial charge in [-0.15, -0.1) is 0 Å². The van der Waals surface area contributed by atoms with Crippen molar-refractivity contribution >= 4 is 22.4 Å². The third-order valence-electron chi connectivity index (χ3n) is 3.08. The van der Waals surface area contributed by atoms with E-state index >= 15 is 0 Å². The first kappa shape index (κ1) is 18.1. The molecule has 0 unspecified atom stereocenters. The fraction of sp³-hybridized carbons (Fsp3) is 0.188. The van der Waals surface area contributed by atoms with Gasteiger partial charge in [0, 0.05) is 6.04 Å². The summed E-state index contributed by atoms with van der Waals surface area (Å²) in [5.41, 5.74) is 0.905. The van der Waals surface area contributed by atoms with E-state index in [2.05, 4.69) is 15.3 Å². The quantitative estimate of drug-likeness (QED) is 0.496. The molecule has 3 rings (SSSR count). The monoisotopic (exact) mass is 350 g/mol. The van der Waals surface area contributed by atoms with Crippen molar-refractivity contribution in [2.24, 2.45) is 0 Å². The highest BCUT2D eigenvalue weighted by Crippen LogP contribution is 2.25. The summed E-state index contributed by atoms with van der Waals surface area (Å²) in [6, 6.07) is 7.62. The Morgan fingerprint density at radius 2 is 1.64 bits per heavy atom. The van der Waals surface area contributed by atoms with Gasteiger partial charge >= 0.3 is 5.69 Å². The van der Waals surface area contributed by atoms with Gasteiger partial charge in [0.05, 0.1) is 22.0 Å². The predicted molar refractivity (Wildman–Crippen MR) is 90.7 cm³/mol. The van der Waals surface area contributed by atoms with Crippen molar-refractivity contribution < 1.29 is 13.7 Å². The fourth-order valence-electron chi connectivity index (χ4n) is 2.09. The molecule has 25 heavy (non-hydrogen) atoms. The molecule has 9 heteroatoms. The Morgan fingerprint density at radius 1 is 1.04 bits per heavy atom. The van der Waals surface area contributed by atoms with Crippen LogP contribution in [0, 0.1) is 21.7 Å². The smallest absolute Gasteiger partial charge is 0.323 e. The van der Waals surface area contributed by atoms with E-state index in [1.807, 2.05) is 13.8 Å². The van der Waals surface area contributed by atoms with Gasteiger partial charge in [0.2, 0.25) is 0 Å². The SMILES string of the molecule is CC(C)Nc1ccc(F)cc1[N+](=O)[O-].O=c1[nH]c2ccc(F)cc2[nH]1. The summed E-state index contributed by atoms with van der Waals surface area (Å²) < 4.78 is 25.2.